The standard InChI is InChI=1S/C13H13NO.C12H12N2O.2C2HF3O2/c1-2-14-13(15)12-8-7-10-5-3-4-6-11(10)9-12;13-9-5-7-10(8-6-9)14-11-3-1-2-4-12(11)15;2*3-2(4,5)1(6)7/h3-9H,2H2,1H3,(H,14,15);1-8,11,14H,13H2;2*(H,6,7). The van der Waals surface area contributed by atoms with Crippen molar-refractivity contribution in [2.75, 3.05) is 17.6 Å². The SMILES string of the molecule is CCNC(=O)c1ccc2ccccc2c1.Nc1ccc(NC2C=CC=CC2=O)cc1.O=C(O)C(F)(F)F.O=C(O)C(F)(F)F. The first-order valence-corrected chi connectivity index (χ1v) is 12.3. The molecule has 1 aliphatic rings. The monoisotopic (exact) mass is 627 g/mol. The van der Waals surface area contributed by atoms with Crippen molar-refractivity contribution in [3.8, 4) is 0 Å². The molecule has 1 unspecified atom stereocenters. The van der Waals surface area contributed by atoms with Gasteiger partial charge in [-0.05, 0) is 60.2 Å². The van der Waals surface area contributed by atoms with Crippen LogP contribution in [-0.4, -0.2) is 58.8 Å². The topological polar surface area (TPSA) is 159 Å². The number of allylic oxidation sites excluding steroid dienone is 2. The molecule has 0 saturated heterocycles. The van der Waals surface area contributed by atoms with E-state index in [1.807, 2.05) is 73.7 Å². The lowest BCUT2D eigenvalue weighted by Gasteiger charge is -2.15. The Kier molecular flexibility index (Phi) is 14.1. The molecule has 4 rings (SSSR count). The van der Waals surface area contributed by atoms with Crippen molar-refractivity contribution < 1.29 is 55.7 Å². The van der Waals surface area contributed by atoms with E-state index in [0.29, 0.717) is 12.2 Å². The highest BCUT2D eigenvalue weighted by Crippen LogP contribution is 2.16. The lowest BCUT2D eigenvalue weighted by atomic mass is 10.1. The molecular weight excluding hydrogens is 600 g/mol. The number of nitrogens with one attached hydrogen (secondary N) is 2. The van der Waals surface area contributed by atoms with E-state index in [2.05, 4.69) is 10.6 Å². The first kappa shape index (κ1) is 36.7. The molecule has 44 heavy (non-hydrogen) atoms. The Morgan fingerprint density at radius 2 is 1.34 bits per heavy atom. The summed E-state index contributed by atoms with van der Waals surface area (Å²) in [5, 5.41) is 22.4. The Hall–Kier alpha value is -5.34. The minimum Gasteiger partial charge on any atom is -0.475 e. The number of carbonyl (C=O) groups is 4. The summed E-state index contributed by atoms with van der Waals surface area (Å²) in [6.07, 6.45) is -3.17. The molecule has 0 fully saturated rings. The van der Waals surface area contributed by atoms with Crippen LogP contribution < -0.4 is 16.4 Å². The fraction of sp³-hybridized carbons (Fsp3) is 0.172. The van der Waals surface area contributed by atoms with Crippen LogP contribution in [0.4, 0.5) is 37.7 Å². The molecule has 6 N–H and O–H groups in total. The number of alkyl halides is 6. The van der Waals surface area contributed by atoms with Gasteiger partial charge < -0.3 is 26.6 Å². The smallest absolute Gasteiger partial charge is 0.475 e. The van der Waals surface area contributed by atoms with Gasteiger partial charge in [-0.3, -0.25) is 9.59 Å². The van der Waals surface area contributed by atoms with Crippen molar-refractivity contribution in [3.63, 3.8) is 0 Å². The van der Waals surface area contributed by atoms with Crippen LogP contribution in [0.5, 0.6) is 0 Å². The molecule has 0 spiro atoms. The van der Waals surface area contributed by atoms with Gasteiger partial charge in [-0.25, -0.2) is 9.59 Å². The Bertz CT molecular complexity index is 1460. The molecule has 15 heteroatoms. The van der Waals surface area contributed by atoms with E-state index in [1.54, 1.807) is 24.3 Å². The van der Waals surface area contributed by atoms with Gasteiger partial charge >= 0.3 is 24.3 Å². The quantitative estimate of drug-likeness (QED) is 0.185. The molecule has 3 aromatic rings. The second kappa shape index (κ2) is 16.9. The summed E-state index contributed by atoms with van der Waals surface area (Å²) < 4.78 is 63.5. The molecule has 0 bridgehead atoms. The minimum atomic E-state index is -5.08. The van der Waals surface area contributed by atoms with Crippen molar-refractivity contribution in [1.82, 2.24) is 5.32 Å². The van der Waals surface area contributed by atoms with Crippen LogP contribution in [0.1, 0.15) is 17.3 Å². The highest BCUT2D eigenvalue weighted by atomic mass is 19.4. The van der Waals surface area contributed by atoms with Gasteiger partial charge in [0.15, 0.2) is 5.78 Å². The van der Waals surface area contributed by atoms with Gasteiger partial charge in [-0.1, -0.05) is 48.6 Å². The van der Waals surface area contributed by atoms with Crippen LogP contribution in [0.25, 0.3) is 10.8 Å². The fourth-order valence-corrected chi connectivity index (χ4v) is 3.00. The van der Waals surface area contributed by atoms with Gasteiger partial charge in [0, 0.05) is 23.5 Å². The molecule has 1 atom stereocenters. The summed E-state index contributed by atoms with van der Waals surface area (Å²) >= 11 is 0. The van der Waals surface area contributed by atoms with Gasteiger partial charge in [-0.2, -0.15) is 26.3 Å². The summed E-state index contributed by atoms with van der Waals surface area (Å²) in [6, 6.07) is 20.8. The van der Waals surface area contributed by atoms with Crippen molar-refractivity contribution in [2.45, 2.75) is 25.3 Å². The number of rotatable bonds is 4. The van der Waals surface area contributed by atoms with Crippen molar-refractivity contribution in [1.29, 1.82) is 0 Å². The van der Waals surface area contributed by atoms with Crippen LogP contribution in [-0.2, 0) is 14.4 Å². The number of carboxylic acids is 2. The predicted octanol–water partition coefficient (Wildman–Crippen LogP) is 5.60. The van der Waals surface area contributed by atoms with Crippen molar-refractivity contribution in [2.24, 2.45) is 0 Å². The number of aliphatic carboxylic acids is 2. The Labute approximate surface area is 246 Å². The zero-order valence-corrected chi connectivity index (χ0v) is 22.8. The number of nitrogens with two attached hydrogens (primary N) is 1. The van der Waals surface area contributed by atoms with Gasteiger partial charge in [0.05, 0.1) is 0 Å². The Morgan fingerprint density at radius 1 is 0.818 bits per heavy atom. The maximum Gasteiger partial charge on any atom is 0.490 e. The number of fused-ring (bicyclic) bond motifs is 1. The summed E-state index contributed by atoms with van der Waals surface area (Å²) in [7, 11) is 0. The lowest BCUT2D eigenvalue weighted by molar-refractivity contribution is -0.193. The lowest BCUT2D eigenvalue weighted by Crippen LogP contribution is -2.27. The second-order valence-electron chi connectivity index (χ2n) is 8.42. The van der Waals surface area contributed by atoms with Crippen LogP contribution in [0, 0.1) is 0 Å². The normalized spacial score (nSPS) is 13.6. The van der Waals surface area contributed by atoms with E-state index in [1.165, 1.54) is 0 Å². The van der Waals surface area contributed by atoms with Gasteiger partial charge in [0.1, 0.15) is 6.04 Å². The zero-order valence-electron chi connectivity index (χ0n) is 22.8. The fourth-order valence-electron chi connectivity index (χ4n) is 3.00. The maximum atomic E-state index is 11.6. The van der Waals surface area contributed by atoms with E-state index in [9.17, 15) is 35.9 Å². The third kappa shape index (κ3) is 13.5. The first-order valence-electron chi connectivity index (χ1n) is 12.3. The maximum absolute atomic E-state index is 11.6. The van der Waals surface area contributed by atoms with Crippen LogP contribution in [0.15, 0.2) is 91.0 Å². The number of anilines is 2. The summed E-state index contributed by atoms with van der Waals surface area (Å²) in [5.74, 6) is -5.46. The molecule has 3 aromatic carbocycles. The highest BCUT2D eigenvalue weighted by Gasteiger charge is 2.38. The molecule has 1 aliphatic carbocycles. The number of ketones is 1. The van der Waals surface area contributed by atoms with Crippen molar-refractivity contribution in [3.05, 3.63) is 96.6 Å². The number of benzene rings is 3. The summed E-state index contributed by atoms with van der Waals surface area (Å²) in [4.78, 5) is 40.8. The second-order valence-corrected chi connectivity index (χ2v) is 8.42. The molecule has 0 heterocycles. The number of carboxylic acid groups (broad SMARTS) is 2. The Balaban J connectivity index is 0.000000314. The number of carbonyl (C=O) groups excluding carboxylic acids is 2. The first-order chi connectivity index (χ1) is 20.4. The average molecular weight is 628 g/mol. The van der Waals surface area contributed by atoms with Crippen LogP contribution >= 0.6 is 0 Å². The highest BCUT2D eigenvalue weighted by molar-refractivity contribution is 5.99. The molecule has 9 nitrogen and oxygen atoms in total. The third-order valence-electron chi connectivity index (χ3n) is 5.05. The molecular formula is C29H27F6N3O6. The van der Waals surface area contributed by atoms with E-state index in [4.69, 9.17) is 25.5 Å². The number of halogens is 6. The van der Waals surface area contributed by atoms with E-state index in [-0.39, 0.29) is 17.7 Å². The number of hydrogen-bond acceptors (Lipinski definition) is 6. The van der Waals surface area contributed by atoms with E-state index >= 15 is 0 Å². The predicted molar refractivity (Wildman–Crippen MR) is 151 cm³/mol. The molecule has 0 radical (unpaired) electrons. The third-order valence-corrected chi connectivity index (χ3v) is 5.05. The summed E-state index contributed by atoms with van der Waals surface area (Å²) in [6.45, 7) is 2.57. The molecule has 0 aromatic heterocycles. The Morgan fingerprint density at radius 3 is 1.82 bits per heavy atom. The number of nitrogen functional groups attached to an aromatic ring is 1. The average Bonchev–Trinajstić information content (AvgIpc) is 2.95. The number of hydrogen-bond donors (Lipinski definition) is 5. The van der Waals surface area contributed by atoms with Gasteiger partial charge in [-0.15, -0.1) is 0 Å². The van der Waals surface area contributed by atoms with Gasteiger partial charge in [0.25, 0.3) is 5.91 Å². The molecule has 1 amide bonds. The summed E-state index contributed by atoms with van der Waals surface area (Å²) in [5.41, 5.74) is 7.89. The minimum absolute atomic E-state index is 0.0109. The number of amides is 1. The van der Waals surface area contributed by atoms with Crippen LogP contribution in [0.2, 0.25) is 0 Å². The van der Waals surface area contributed by atoms with E-state index in [0.717, 1.165) is 22.0 Å². The van der Waals surface area contributed by atoms with Crippen LogP contribution in [0.3, 0.4) is 0 Å². The molecule has 0 aliphatic heterocycles. The van der Waals surface area contributed by atoms with Gasteiger partial charge in [0.2, 0.25) is 0 Å². The zero-order chi connectivity index (χ0) is 33.5. The largest absolute Gasteiger partial charge is 0.490 e. The van der Waals surface area contributed by atoms with Crippen molar-refractivity contribution >= 4 is 45.8 Å². The molecule has 0 saturated carbocycles. The molecule has 236 valence electrons. The van der Waals surface area contributed by atoms with E-state index < -0.39 is 24.3 Å².